The third-order valence-electron chi connectivity index (χ3n) is 3.49. The van der Waals surface area contributed by atoms with Crippen molar-refractivity contribution in [2.45, 2.75) is 29.5 Å². The molecule has 0 aromatic rings. The molecule has 9 nitrogen and oxygen atoms in total. The van der Waals surface area contributed by atoms with E-state index < -0.39 is 44.4 Å². The van der Waals surface area contributed by atoms with Crippen molar-refractivity contribution in [3.05, 3.63) is 10.4 Å². The van der Waals surface area contributed by atoms with E-state index in [1.54, 1.807) is 0 Å². The number of nitrogens with zero attached hydrogens (tertiary/aromatic N) is 4. The Hall–Kier alpha value is -1.80. The Kier molecular flexibility index (Phi) is 2.53. The summed E-state index contributed by atoms with van der Waals surface area (Å²) in [4.78, 5) is 25.9. The maximum Gasteiger partial charge on any atom is 0.328 e. The summed E-state index contributed by atoms with van der Waals surface area (Å²) in [5.74, 6) is -1.93. The molecule has 2 saturated heterocycles. The molecule has 2 fully saturated rings. The first-order valence-corrected chi connectivity index (χ1v) is 6.60. The molecule has 18 heavy (non-hydrogen) atoms. The van der Waals surface area contributed by atoms with Crippen molar-refractivity contribution in [2.24, 2.45) is 5.11 Å². The highest BCUT2D eigenvalue weighted by Crippen LogP contribution is 2.46. The number of carboxylic acid groups (broad SMARTS) is 1. The SMILES string of the molecule is C[C@]1(CN=[N+]=[N-])[C@H](C(=O)O)N2C(=O)C[C@H]2S1(=O)=O. The van der Waals surface area contributed by atoms with Crippen LogP contribution in [0.4, 0.5) is 0 Å². The number of hydrogen-bond acceptors (Lipinski definition) is 5. The summed E-state index contributed by atoms with van der Waals surface area (Å²) in [5, 5.41) is 11.2. The topological polar surface area (TPSA) is 141 Å². The van der Waals surface area contributed by atoms with Crippen LogP contribution >= 0.6 is 0 Å². The lowest BCUT2D eigenvalue weighted by Crippen LogP contribution is -2.57. The second-order valence-corrected chi connectivity index (χ2v) is 7.01. The number of β-lactam (4-membered cyclic amide) rings is 1. The Morgan fingerprint density at radius 2 is 2.33 bits per heavy atom. The molecule has 1 N–H and O–H groups in total. The van der Waals surface area contributed by atoms with Gasteiger partial charge in [-0.05, 0) is 12.5 Å². The Labute approximate surface area is 102 Å². The molecule has 98 valence electrons. The number of carbonyl (C=O) groups excluding carboxylic acids is 1. The number of carboxylic acids is 1. The molecular formula is C8H10N4O5S. The van der Waals surface area contributed by atoms with Crippen molar-refractivity contribution in [1.82, 2.24) is 4.90 Å². The van der Waals surface area contributed by atoms with Crippen LogP contribution in [0.15, 0.2) is 5.11 Å². The molecule has 0 aromatic heterocycles. The molecule has 2 aliphatic heterocycles. The van der Waals surface area contributed by atoms with Gasteiger partial charge in [0.25, 0.3) is 0 Å². The van der Waals surface area contributed by atoms with Crippen LogP contribution in [0, 0.1) is 0 Å². The summed E-state index contributed by atoms with van der Waals surface area (Å²) in [5.41, 5.74) is 8.27. The zero-order valence-electron chi connectivity index (χ0n) is 9.35. The van der Waals surface area contributed by atoms with E-state index in [2.05, 4.69) is 10.0 Å². The van der Waals surface area contributed by atoms with Gasteiger partial charge < -0.3 is 10.0 Å². The summed E-state index contributed by atoms with van der Waals surface area (Å²) >= 11 is 0. The smallest absolute Gasteiger partial charge is 0.328 e. The van der Waals surface area contributed by atoms with Crippen molar-refractivity contribution >= 4 is 21.7 Å². The molecule has 0 aromatic carbocycles. The number of carbonyl (C=O) groups is 2. The quantitative estimate of drug-likeness (QED) is 0.319. The summed E-state index contributed by atoms with van der Waals surface area (Å²) in [6.07, 6.45) is -0.210. The second-order valence-electron chi connectivity index (χ2n) is 4.45. The van der Waals surface area contributed by atoms with E-state index in [-0.39, 0.29) is 6.42 Å². The second kappa shape index (κ2) is 3.59. The highest BCUT2D eigenvalue weighted by atomic mass is 32.2. The molecule has 0 spiro atoms. The standard InChI is InChI=1S/C8H10N4O5S/c1-8(3-10-11-9)6(7(14)15)12-4(13)2-5(12)18(8,16)17/h5-6H,2-3H2,1H3,(H,14,15)/t5-,6+,8+/m1/s1. The zero-order valence-corrected chi connectivity index (χ0v) is 10.2. The predicted molar refractivity (Wildman–Crippen MR) is 58.0 cm³/mol. The van der Waals surface area contributed by atoms with Crippen LogP contribution in [0.3, 0.4) is 0 Å². The fraction of sp³-hybridized carbons (Fsp3) is 0.750. The highest BCUT2D eigenvalue weighted by molar-refractivity contribution is 7.94. The van der Waals surface area contributed by atoms with Gasteiger partial charge >= 0.3 is 5.97 Å². The van der Waals surface area contributed by atoms with E-state index in [1.165, 1.54) is 6.92 Å². The van der Waals surface area contributed by atoms with E-state index in [4.69, 9.17) is 10.6 Å². The van der Waals surface area contributed by atoms with Crippen LogP contribution < -0.4 is 0 Å². The van der Waals surface area contributed by atoms with Crippen molar-refractivity contribution in [3.63, 3.8) is 0 Å². The lowest BCUT2D eigenvalue weighted by Gasteiger charge is -2.35. The van der Waals surface area contributed by atoms with Crippen LogP contribution in [0.1, 0.15) is 13.3 Å². The van der Waals surface area contributed by atoms with Crippen molar-refractivity contribution in [1.29, 1.82) is 0 Å². The minimum absolute atomic E-state index is 0.210. The molecule has 0 radical (unpaired) electrons. The average molecular weight is 274 g/mol. The summed E-state index contributed by atoms with van der Waals surface area (Å²) in [7, 11) is -3.87. The normalized spacial score (nSPS) is 36.5. The van der Waals surface area contributed by atoms with Crippen LogP contribution in [0.2, 0.25) is 0 Å². The lowest BCUT2D eigenvalue weighted by molar-refractivity contribution is -0.157. The van der Waals surface area contributed by atoms with E-state index in [1.807, 2.05) is 0 Å². The number of rotatable bonds is 3. The van der Waals surface area contributed by atoms with E-state index >= 15 is 0 Å². The number of azide groups is 1. The largest absolute Gasteiger partial charge is 0.480 e. The van der Waals surface area contributed by atoms with Gasteiger partial charge in [0.2, 0.25) is 5.91 Å². The first-order valence-electron chi connectivity index (χ1n) is 5.05. The molecule has 2 rings (SSSR count). The van der Waals surface area contributed by atoms with Gasteiger partial charge in [0.1, 0.15) is 16.2 Å². The van der Waals surface area contributed by atoms with Gasteiger partial charge in [-0.3, -0.25) is 4.79 Å². The molecule has 0 aliphatic carbocycles. The van der Waals surface area contributed by atoms with Crippen molar-refractivity contribution in [3.8, 4) is 0 Å². The third-order valence-corrected chi connectivity index (χ3v) is 6.26. The number of aliphatic carboxylic acids is 1. The van der Waals surface area contributed by atoms with Crippen molar-refractivity contribution < 1.29 is 23.1 Å². The van der Waals surface area contributed by atoms with Gasteiger partial charge in [-0.15, -0.1) is 0 Å². The lowest BCUT2D eigenvalue weighted by atomic mass is 9.97. The molecule has 1 amide bonds. The Bertz CT molecular complexity index is 580. The number of sulfone groups is 1. The Balaban J connectivity index is 2.56. The first kappa shape index (κ1) is 12.7. The van der Waals surface area contributed by atoms with Gasteiger partial charge in [-0.25, -0.2) is 13.2 Å². The average Bonchev–Trinajstić information content (AvgIpc) is 2.41. The minimum atomic E-state index is -3.87. The van der Waals surface area contributed by atoms with Gasteiger partial charge in [0.05, 0.1) is 6.42 Å². The number of amides is 1. The van der Waals surface area contributed by atoms with Gasteiger partial charge in [0, 0.05) is 11.5 Å². The van der Waals surface area contributed by atoms with Gasteiger partial charge in [-0.1, -0.05) is 5.11 Å². The molecule has 3 atom stereocenters. The van der Waals surface area contributed by atoms with E-state index in [0.717, 1.165) is 4.90 Å². The van der Waals surface area contributed by atoms with Crippen LogP contribution in [-0.2, 0) is 19.4 Å². The van der Waals surface area contributed by atoms with E-state index in [9.17, 15) is 18.0 Å². The Morgan fingerprint density at radius 1 is 1.72 bits per heavy atom. The zero-order chi connectivity index (χ0) is 13.7. The van der Waals surface area contributed by atoms with Crippen LogP contribution in [-0.4, -0.2) is 53.0 Å². The van der Waals surface area contributed by atoms with Crippen LogP contribution in [0.5, 0.6) is 0 Å². The fourth-order valence-electron chi connectivity index (χ4n) is 2.46. The van der Waals surface area contributed by atoms with Gasteiger partial charge in [-0.2, -0.15) is 0 Å². The van der Waals surface area contributed by atoms with E-state index in [0.29, 0.717) is 0 Å². The Morgan fingerprint density at radius 3 is 2.78 bits per heavy atom. The summed E-state index contributed by atoms with van der Waals surface area (Å²) in [6.45, 7) is 0.685. The highest BCUT2D eigenvalue weighted by Gasteiger charge is 2.69. The van der Waals surface area contributed by atoms with Crippen LogP contribution in [0.25, 0.3) is 10.4 Å². The maximum atomic E-state index is 12.2. The first-order chi connectivity index (χ1) is 8.27. The molecule has 0 bridgehead atoms. The van der Waals surface area contributed by atoms with Crippen molar-refractivity contribution in [2.75, 3.05) is 6.54 Å². The predicted octanol–water partition coefficient (Wildman–Crippen LogP) is -0.505. The monoisotopic (exact) mass is 274 g/mol. The molecule has 10 heteroatoms. The summed E-state index contributed by atoms with van der Waals surface area (Å²) < 4.78 is 22.6. The molecule has 0 unspecified atom stereocenters. The minimum Gasteiger partial charge on any atom is -0.480 e. The molecule has 0 saturated carbocycles. The molecule has 2 heterocycles. The number of fused-ring (bicyclic) bond motifs is 1. The molecular weight excluding hydrogens is 264 g/mol. The van der Waals surface area contributed by atoms with Gasteiger partial charge in [0.15, 0.2) is 9.84 Å². The molecule has 2 aliphatic rings. The number of hydrogen-bond donors (Lipinski definition) is 1. The maximum absolute atomic E-state index is 12.2. The third kappa shape index (κ3) is 1.27. The summed E-state index contributed by atoms with van der Waals surface area (Å²) in [6, 6.07) is -1.50. The fourth-order valence-corrected chi connectivity index (χ4v) is 4.75.